The molecule has 1 aromatic heterocycles. The molecule has 0 amide bonds. The topological polar surface area (TPSA) is 87.5 Å². The quantitative estimate of drug-likeness (QED) is 0.234. The molecular weight excluding hydrogens is 544 g/mol. The number of hydrogen-bond acceptors (Lipinski definition) is 8. The van der Waals surface area contributed by atoms with E-state index in [1.807, 2.05) is 56.3 Å². The summed E-state index contributed by atoms with van der Waals surface area (Å²) in [4.78, 5) is 18.2. The molecule has 1 N–H and O–H groups in total. The molecule has 1 aliphatic heterocycles. The maximum Gasteiger partial charge on any atom is 0.338 e. The van der Waals surface area contributed by atoms with Crippen molar-refractivity contribution < 1.29 is 19.0 Å². The minimum absolute atomic E-state index is 0.168. The van der Waals surface area contributed by atoms with Crippen molar-refractivity contribution in [2.75, 3.05) is 24.8 Å². The van der Waals surface area contributed by atoms with Crippen molar-refractivity contribution >= 4 is 39.6 Å². The van der Waals surface area contributed by atoms with Gasteiger partial charge < -0.3 is 19.5 Å². The zero-order valence-corrected chi connectivity index (χ0v) is 23.1. The molecule has 4 rings (SSSR count). The van der Waals surface area contributed by atoms with Crippen LogP contribution in [0, 0.1) is 0 Å². The SMILES string of the molecule is CCCSc1nc2n(n1)C(c1cc(Br)c(OC)c(OCC)c1)C(C(=O)OCc1ccccc1)=C(C)N2. The van der Waals surface area contributed by atoms with E-state index in [0.717, 1.165) is 23.3 Å². The highest BCUT2D eigenvalue weighted by molar-refractivity contribution is 9.10. The van der Waals surface area contributed by atoms with Crippen LogP contribution < -0.4 is 14.8 Å². The molecule has 0 saturated heterocycles. The summed E-state index contributed by atoms with van der Waals surface area (Å²) in [5.74, 6) is 2.19. The van der Waals surface area contributed by atoms with Gasteiger partial charge in [0, 0.05) is 11.4 Å². The number of allylic oxidation sites excluding steroid dienone is 1. The summed E-state index contributed by atoms with van der Waals surface area (Å²) < 4.78 is 19.6. The van der Waals surface area contributed by atoms with Crippen molar-refractivity contribution in [1.82, 2.24) is 14.8 Å². The van der Waals surface area contributed by atoms with Gasteiger partial charge in [-0.25, -0.2) is 9.48 Å². The van der Waals surface area contributed by atoms with E-state index in [1.165, 1.54) is 0 Å². The van der Waals surface area contributed by atoms with Gasteiger partial charge in [-0.2, -0.15) is 4.98 Å². The molecule has 10 heteroatoms. The van der Waals surface area contributed by atoms with Crippen molar-refractivity contribution in [2.24, 2.45) is 0 Å². The molecule has 1 aliphatic rings. The maximum absolute atomic E-state index is 13.5. The highest BCUT2D eigenvalue weighted by atomic mass is 79.9. The third-order valence-corrected chi connectivity index (χ3v) is 7.19. The third kappa shape index (κ3) is 5.54. The first-order chi connectivity index (χ1) is 17.5. The second-order valence-corrected chi connectivity index (χ2v) is 10.0. The molecule has 0 aliphatic carbocycles. The number of ether oxygens (including phenoxy) is 3. The smallest absolute Gasteiger partial charge is 0.338 e. The summed E-state index contributed by atoms with van der Waals surface area (Å²) in [5.41, 5.74) is 2.82. The van der Waals surface area contributed by atoms with Crippen LogP contribution in [0.4, 0.5) is 5.95 Å². The minimum atomic E-state index is -0.575. The number of halogens is 1. The molecule has 0 saturated carbocycles. The fourth-order valence-corrected chi connectivity index (χ4v) is 5.27. The third-order valence-electron chi connectivity index (χ3n) is 5.55. The Bertz CT molecular complexity index is 1260. The zero-order valence-electron chi connectivity index (χ0n) is 20.7. The van der Waals surface area contributed by atoms with Crippen molar-refractivity contribution in [2.45, 2.75) is 45.0 Å². The van der Waals surface area contributed by atoms with Crippen LogP contribution in [0.2, 0.25) is 0 Å². The number of thioether (sulfide) groups is 1. The number of rotatable bonds is 10. The number of carbonyl (C=O) groups excluding carboxylic acids is 1. The number of carbonyl (C=O) groups is 1. The van der Waals surface area contributed by atoms with E-state index in [1.54, 1.807) is 23.6 Å². The van der Waals surface area contributed by atoms with Crippen LogP contribution in [0.15, 0.2) is 63.4 Å². The van der Waals surface area contributed by atoms with E-state index >= 15 is 0 Å². The number of fused-ring (bicyclic) bond motifs is 1. The van der Waals surface area contributed by atoms with Gasteiger partial charge in [0.2, 0.25) is 11.1 Å². The zero-order chi connectivity index (χ0) is 25.7. The molecule has 2 aromatic carbocycles. The average Bonchev–Trinajstić information content (AvgIpc) is 3.28. The maximum atomic E-state index is 13.5. The van der Waals surface area contributed by atoms with E-state index in [2.05, 4.69) is 33.2 Å². The molecule has 1 atom stereocenters. The van der Waals surface area contributed by atoms with E-state index in [-0.39, 0.29) is 6.61 Å². The van der Waals surface area contributed by atoms with Crippen LogP contribution in [0.5, 0.6) is 11.5 Å². The lowest BCUT2D eigenvalue weighted by Crippen LogP contribution is -2.29. The molecular formula is C26H29BrN4O4S. The first-order valence-electron chi connectivity index (χ1n) is 11.7. The van der Waals surface area contributed by atoms with Gasteiger partial charge in [0.1, 0.15) is 12.6 Å². The fourth-order valence-electron chi connectivity index (χ4n) is 3.97. The summed E-state index contributed by atoms with van der Waals surface area (Å²) in [6, 6.07) is 12.8. The summed E-state index contributed by atoms with van der Waals surface area (Å²) >= 11 is 5.18. The number of methoxy groups -OCH3 is 1. The first-order valence-corrected chi connectivity index (χ1v) is 13.5. The summed E-state index contributed by atoms with van der Waals surface area (Å²) in [5, 5.41) is 8.65. The summed E-state index contributed by atoms with van der Waals surface area (Å²) in [6.07, 6.45) is 1.00. The van der Waals surface area contributed by atoms with Gasteiger partial charge in [-0.3, -0.25) is 0 Å². The number of hydrogen-bond donors (Lipinski definition) is 1. The molecule has 8 nitrogen and oxygen atoms in total. The van der Waals surface area contributed by atoms with Gasteiger partial charge >= 0.3 is 5.97 Å². The van der Waals surface area contributed by atoms with Gasteiger partial charge in [0.05, 0.1) is 23.8 Å². The monoisotopic (exact) mass is 572 g/mol. The van der Waals surface area contributed by atoms with E-state index in [0.29, 0.717) is 45.0 Å². The number of nitrogens with one attached hydrogen (secondary N) is 1. The first kappa shape index (κ1) is 26.1. The Morgan fingerprint density at radius 2 is 2.00 bits per heavy atom. The van der Waals surface area contributed by atoms with Gasteiger partial charge in [-0.15, -0.1) is 5.10 Å². The Morgan fingerprint density at radius 3 is 2.69 bits per heavy atom. The standard InChI is InChI=1S/C26H29BrN4O4S/c1-5-12-36-26-29-25-28-16(3)21(24(32)35-15-17-10-8-7-9-11-17)22(31(25)30-26)18-13-19(27)23(33-4)20(14-18)34-6-2/h7-11,13-14,22H,5-6,12,15H2,1-4H3,(H,28,29,30). The summed E-state index contributed by atoms with van der Waals surface area (Å²) in [6.45, 7) is 6.51. The average molecular weight is 574 g/mol. The van der Waals surface area contributed by atoms with Crippen LogP contribution >= 0.6 is 27.7 Å². The number of esters is 1. The highest BCUT2D eigenvalue weighted by Gasteiger charge is 2.36. The van der Waals surface area contributed by atoms with Crippen LogP contribution in [0.3, 0.4) is 0 Å². The van der Waals surface area contributed by atoms with Crippen LogP contribution in [-0.4, -0.2) is 40.2 Å². The van der Waals surface area contributed by atoms with Gasteiger partial charge in [-0.1, -0.05) is 49.0 Å². The lowest BCUT2D eigenvalue weighted by Gasteiger charge is -2.29. The predicted molar refractivity (Wildman–Crippen MR) is 144 cm³/mol. The van der Waals surface area contributed by atoms with E-state index in [4.69, 9.17) is 19.3 Å². The number of benzene rings is 2. The van der Waals surface area contributed by atoms with Gasteiger partial charge in [0.25, 0.3) is 0 Å². The molecule has 3 aromatic rings. The summed E-state index contributed by atoms with van der Waals surface area (Å²) in [7, 11) is 1.59. The van der Waals surface area contributed by atoms with Crippen molar-refractivity contribution in [3.05, 3.63) is 69.3 Å². The molecule has 0 spiro atoms. The Morgan fingerprint density at radius 1 is 1.22 bits per heavy atom. The predicted octanol–water partition coefficient (Wildman–Crippen LogP) is 5.98. The largest absolute Gasteiger partial charge is 0.492 e. The van der Waals surface area contributed by atoms with Crippen LogP contribution in [0.25, 0.3) is 0 Å². The van der Waals surface area contributed by atoms with Crippen LogP contribution in [-0.2, 0) is 16.1 Å². The number of aromatic nitrogens is 3. The fraction of sp³-hybridized carbons (Fsp3) is 0.346. The highest BCUT2D eigenvalue weighted by Crippen LogP contribution is 2.43. The second-order valence-electron chi connectivity index (χ2n) is 8.11. The van der Waals surface area contributed by atoms with E-state index in [9.17, 15) is 4.79 Å². The van der Waals surface area contributed by atoms with Crippen molar-refractivity contribution in [3.63, 3.8) is 0 Å². The molecule has 190 valence electrons. The van der Waals surface area contributed by atoms with Gasteiger partial charge in [0.15, 0.2) is 11.5 Å². The Labute approximate surface area is 223 Å². The molecule has 0 radical (unpaired) electrons. The second kappa shape index (κ2) is 11.8. The van der Waals surface area contributed by atoms with E-state index < -0.39 is 12.0 Å². The molecule has 36 heavy (non-hydrogen) atoms. The normalized spacial score (nSPS) is 14.8. The number of nitrogens with zero attached hydrogens (tertiary/aromatic N) is 3. The van der Waals surface area contributed by atoms with Crippen molar-refractivity contribution in [3.8, 4) is 11.5 Å². The van der Waals surface area contributed by atoms with Crippen LogP contribution in [0.1, 0.15) is 44.4 Å². The van der Waals surface area contributed by atoms with Crippen molar-refractivity contribution in [1.29, 1.82) is 0 Å². The Kier molecular flexibility index (Phi) is 8.58. The Hall–Kier alpha value is -2.98. The molecule has 0 fully saturated rings. The lowest BCUT2D eigenvalue weighted by molar-refractivity contribution is -0.140. The lowest BCUT2D eigenvalue weighted by atomic mass is 9.95. The van der Waals surface area contributed by atoms with Gasteiger partial charge in [-0.05, 0) is 59.5 Å². The molecule has 0 bridgehead atoms. The number of anilines is 1. The Balaban J connectivity index is 1.78. The molecule has 2 heterocycles. The minimum Gasteiger partial charge on any atom is -0.492 e. The molecule has 1 unspecified atom stereocenters.